The topological polar surface area (TPSA) is 63.4 Å². The van der Waals surface area contributed by atoms with Crippen molar-refractivity contribution in [2.75, 3.05) is 26.2 Å². The van der Waals surface area contributed by atoms with Gasteiger partial charge in [-0.15, -0.1) is 0 Å². The van der Waals surface area contributed by atoms with Gasteiger partial charge < -0.3 is 4.90 Å². The van der Waals surface area contributed by atoms with Crippen molar-refractivity contribution in [2.24, 2.45) is 5.92 Å². The van der Waals surface area contributed by atoms with Gasteiger partial charge >= 0.3 is 5.69 Å². The summed E-state index contributed by atoms with van der Waals surface area (Å²) in [4.78, 5) is 35.1. The van der Waals surface area contributed by atoms with E-state index in [2.05, 4.69) is 28.9 Å². The van der Waals surface area contributed by atoms with Crippen LogP contribution >= 0.6 is 11.6 Å². The van der Waals surface area contributed by atoms with Gasteiger partial charge in [0.15, 0.2) is 0 Å². The first kappa shape index (κ1) is 24.1. The zero-order valence-corrected chi connectivity index (χ0v) is 21.2. The molecule has 8 heteroatoms. The van der Waals surface area contributed by atoms with E-state index in [-0.39, 0.29) is 17.6 Å². The monoisotopic (exact) mass is 495 g/mol. The highest BCUT2D eigenvalue weighted by Crippen LogP contribution is 2.29. The van der Waals surface area contributed by atoms with Crippen LogP contribution in [0.15, 0.2) is 47.5 Å². The highest BCUT2D eigenvalue weighted by atomic mass is 35.5. The number of aromatic nitrogens is 3. The lowest BCUT2D eigenvalue weighted by Crippen LogP contribution is -2.46. The van der Waals surface area contributed by atoms with Crippen molar-refractivity contribution < 1.29 is 4.79 Å². The van der Waals surface area contributed by atoms with Crippen LogP contribution in [0.1, 0.15) is 50.6 Å². The van der Waals surface area contributed by atoms with E-state index in [4.69, 9.17) is 11.6 Å². The predicted octanol–water partition coefficient (Wildman–Crippen LogP) is 4.34. The van der Waals surface area contributed by atoms with Crippen molar-refractivity contribution in [2.45, 2.75) is 58.2 Å². The van der Waals surface area contributed by atoms with E-state index < -0.39 is 0 Å². The van der Waals surface area contributed by atoms with Gasteiger partial charge in [-0.1, -0.05) is 18.5 Å². The summed E-state index contributed by atoms with van der Waals surface area (Å²) in [5.41, 5.74) is 3.15. The lowest BCUT2D eigenvalue weighted by Gasteiger charge is -2.37. The number of likely N-dealkylation sites (tertiary alicyclic amines) is 2. The average Bonchev–Trinajstić information content (AvgIpc) is 3.15. The number of hydrogen-bond acceptors (Lipinski definition) is 4. The Morgan fingerprint density at radius 2 is 1.71 bits per heavy atom. The van der Waals surface area contributed by atoms with Gasteiger partial charge in [-0.25, -0.2) is 4.79 Å². The first-order valence-corrected chi connectivity index (χ1v) is 13.2. The van der Waals surface area contributed by atoms with Crippen LogP contribution in [0.3, 0.4) is 0 Å². The molecule has 4 heterocycles. The summed E-state index contributed by atoms with van der Waals surface area (Å²) in [5, 5.41) is 0.645. The van der Waals surface area contributed by atoms with Crippen LogP contribution in [0.2, 0.25) is 5.02 Å². The minimum atomic E-state index is 0.0375. The number of nitrogens with zero attached hydrogens (tertiary/aromatic N) is 5. The van der Waals surface area contributed by atoms with Crippen LogP contribution in [-0.2, 0) is 17.9 Å². The second-order valence-corrected chi connectivity index (χ2v) is 10.3. The number of amides is 1. The molecule has 1 amide bonds. The molecule has 2 aliphatic rings. The number of hydrogen-bond donors (Lipinski definition) is 0. The third-order valence-corrected chi connectivity index (χ3v) is 7.84. The first-order chi connectivity index (χ1) is 17.0. The normalized spacial score (nSPS) is 18.4. The third kappa shape index (κ3) is 5.02. The Labute approximate surface area is 211 Å². The summed E-state index contributed by atoms with van der Waals surface area (Å²) in [6.45, 7) is 6.99. The smallest absolute Gasteiger partial charge is 0.329 e. The Hall–Kier alpha value is -2.64. The summed E-state index contributed by atoms with van der Waals surface area (Å²) < 4.78 is 3.79. The van der Waals surface area contributed by atoms with Gasteiger partial charge in [0.25, 0.3) is 0 Å². The van der Waals surface area contributed by atoms with Gasteiger partial charge in [-0.05, 0) is 81.1 Å². The molecule has 0 saturated carbocycles. The fraction of sp³-hybridized carbons (Fsp3) is 0.519. The molecule has 0 aliphatic carbocycles. The summed E-state index contributed by atoms with van der Waals surface area (Å²) in [5.74, 6) is 0.399. The first-order valence-electron chi connectivity index (χ1n) is 12.9. The van der Waals surface area contributed by atoms with Crippen LogP contribution < -0.4 is 5.69 Å². The van der Waals surface area contributed by atoms with E-state index in [1.807, 2.05) is 44.6 Å². The van der Waals surface area contributed by atoms with Crippen LogP contribution in [-0.4, -0.2) is 56.0 Å². The second-order valence-electron chi connectivity index (χ2n) is 9.90. The minimum absolute atomic E-state index is 0.0375. The van der Waals surface area contributed by atoms with E-state index >= 15 is 0 Å². The second kappa shape index (κ2) is 10.5. The molecule has 0 radical (unpaired) electrons. The molecule has 0 unspecified atom stereocenters. The summed E-state index contributed by atoms with van der Waals surface area (Å²) in [6, 6.07) is 9.93. The Morgan fingerprint density at radius 3 is 2.40 bits per heavy atom. The van der Waals surface area contributed by atoms with Gasteiger partial charge in [-0.3, -0.25) is 23.8 Å². The molecule has 0 atom stereocenters. The minimum Gasteiger partial charge on any atom is -0.342 e. The number of rotatable bonds is 6. The molecule has 7 nitrogen and oxygen atoms in total. The summed E-state index contributed by atoms with van der Waals surface area (Å²) in [6.07, 6.45) is 7.99. The molecule has 1 aromatic carbocycles. The molecule has 0 bridgehead atoms. The van der Waals surface area contributed by atoms with Crippen molar-refractivity contribution >= 4 is 28.5 Å². The van der Waals surface area contributed by atoms with E-state index in [0.29, 0.717) is 30.6 Å². The van der Waals surface area contributed by atoms with Gasteiger partial charge in [0.1, 0.15) is 0 Å². The van der Waals surface area contributed by atoms with E-state index in [1.165, 1.54) is 5.56 Å². The lowest BCUT2D eigenvalue weighted by molar-refractivity contribution is -0.138. The molecule has 2 saturated heterocycles. The number of imidazole rings is 1. The predicted molar refractivity (Wildman–Crippen MR) is 139 cm³/mol. The Balaban J connectivity index is 1.20. The number of piperidine rings is 2. The maximum Gasteiger partial charge on any atom is 0.329 e. The molecular formula is C27H34ClN5O2. The fourth-order valence-corrected chi connectivity index (χ4v) is 5.90. The maximum atomic E-state index is 13.3. The van der Waals surface area contributed by atoms with Crippen LogP contribution in [0.25, 0.3) is 11.0 Å². The number of benzene rings is 1. The molecule has 0 N–H and O–H groups in total. The Bertz CT molecular complexity index is 1220. The molecule has 35 heavy (non-hydrogen) atoms. The summed E-state index contributed by atoms with van der Waals surface area (Å²) in [7, 11) is 0. The van der Waals surface area contributed by atoms with Gasteiger partial charge in [0.2, 0.25) is 5.91 Å². The average molecular weight is 496 g/mol. The molecule has 186 valence electrons. The standard InChI is InChI=1S/C27H34ClN5O2/c1-2-13-32-25-18-22(28)3-4-24(25)33(27(32)35)23-9-16-31(17-10-23)26(34)21-7-14-30(15-8-21)19-20-5-11-29-12-6-20/h3-6,11-12,18,21,23H,2,7-10,13-17,19H2,1H3. The molecular weight excluding hydrogens is 462 g/mol. The quantitative estimate of drug-likeness (QED) is 0.510. The Morgan fingerprint density at radius 1 is 1.00 bits per heavy atom. The van der Waals surface area contributed by atoms with Gasteiger partial charge in [0, 0.05) is 55.6 Å². The van der Waals surface area contributed by atoms with E-state index in [9.17, 15) is 9.59 Å². The summed E-state index contributed by atoms with van der Waals surface area (Å²) >= 11 is 6.24. The van der Waals surface area contributed by atoms with E-state index in [0.717, 1.165) is 62.8 Å². The number of carbonyl (C=O) groups is 1. The Kier molecular flexibility index (Phi) is 7.25. The van der Waals surface area contributed by atoms with Gasteiger partial charge in [0.05, 0.1) is 11.0 Å². The third-order valence-electron chi connectivity index (χ3n) is 7.61. The number of halogens is 1. The van der Waals surface area contributed by atoms with Crippen molar-refractivity contribution in [1.82, 2.24) is 23.9 Å². The molecule has 2 aliphatic heterocycles. The van der Waals surface area contributed by atoms with Crippen molar-refractivity contribution in [3.63, 3.8) is 0 Å². The number of pyridine rings is 1. The largest absolute Gasteiger partial charge is 0.342 e. The van der Waals surface area contributed by atoms with Crippen molar-refractivity contribution in [3.05, 3.63) is 63.8 Å². The maximum absolute atomic E-state index is 13.3. The number of carbonyl (C=O) groups excluding carboxylic acids is 1. The molecule has 2 fully saturated rings. The van der Waals surface area contributed by atoms with Crippen LogP contribution in [0.4, 0.5) is 0 Å². The molecule has 2 aromatic heterocycles. The van der Waals surface area contributed by atoms with Crippen molar-refractivity contribution in [1.29, 1.82) is 0 Å². The highest BCUT2D eigenvalue weighted by molar-refractivity contribution is 6.31. The zero-order chi connectivity index (χ0) is 24.4. The van der Waals surface area contributed by atoms with E-state index in [1.54, 1.807) is 0 Å². The fourth-order valence-electron chi connectivity index (χ4n) is 5.73. The lowest BCUT2D eigenvalue weighted by atomic mass is 9.93. The highest BCUT2D eigenvalue weighted by Gasteiger charge is 2.32. The number of fused-ring (bicyclic) bond motifs is 1. The van der Waals surface area contributed by atoms with Gasteiger partial charge in [-0.2, -0.15) is 0 Å². The van der Waals surface area contributed by atoms with Crippen LogP contribution in [0, 0.1) is 5.92 Å². The number of aryl methyl sites for hydroxylation is 1. The molecule has 3 aromatic rings. The zero-order valence-electron chi connectivity index (χ0n) is 20.4. The van der Waals surface area contributed by atoms with Crippen molar-refractivity contribution in [3.8, 4) is 0 Å². The SMILES string of the molecule is CCCn1c(=O)n(C2CCN(C(=O)C3CCN(Cc4ccncc4)CC3)CC2)c2ccc(Cl)cc21. The van der Waals surface area contributed by atoms with Crippen LogP contribution in [0.5, 0.6) is 0 Å². The molecule has 0 spiro atoms. The molecule has 5 rings (SSSR count).